The number of carbonyl (C=O) groups is 1. The van der Waals surface area contributed by atoms with Crippen molar-refractivity contribution >= 4 is 6.03 Å². The van der Waals surface area contributed by atoms with E-state index in [0.29, 0.717) is 6.54 Å². The Kier molecular flexibility index (Phi) is 5.21. The van der Waals surface area contributed by atoms with Gasteiger partial charge in [-0.2, -0.15) is 0 Å². The number of benzene rings is 1. The van der Waals surface area contributed by atoms with Crippen LogP contribution >= 0.6 is 0 Å². The van der Waals surface area contributed by atoms with Crippen molar-refractivity contribution in [3.63, 3.8) is 0 Å². The predicted octanol–water partition coefficient (Wildman–Crippen LogP) is 2.11. The molecule has 0 unspecified atom stereocenters. The molecule has 0 aliphatic carbocycles. The van der Waals surface area contributed by atoms with E-state index in [-0.39, 0.29) is 6.03 Å². The molecule has 5 nitrogen and oxygen atoms in total. The Bertz CT molecular complexity index is 609. The quantitative estimate of drug-likeness (QED) is 0.941. The zero-order valence-electron chi connectivity index (χ0n) is 13.2. The highest BCUT2D eigenvalue weighted by molar-refractivity contribution is 5.74. The van der Waals surface area contributed by atoms with Crippen molar-refractivity contribution in [3.8, 4) is 0 Å². The third-order valence-corrected chi connectivity index (χ3v) is 4.10. The Morgan fingerprint density at radius 2 is 1.65 bits per heavy atom. The first-order valence-electron chi connectivity index (χ1n) is 7.99. The average Bonchev–Trinajstić information content (AvgIpc) is 2.62. The molecule has 1 aromatic carbocycles. The molecule has 1 aromatic heterocycles. The molecule has 1 aliphatic heterocycles. The number of hydrogen-bond acceptors (Lipinski definition) is 3. The van der Waals surface area contributed by atoms with E-state index < -0.39 is 0 Å². The molecule has 3 rings (SSSR count). The van der Waals surface area contributed by atoms with Crippen LogP contribution in [0.25, 0.3) is 0 Å². The monoisotopic (exact) mass is 310 g/mol. The summed E-state index contributed by atoms with van der Waals surface area (Å²) in [5.74, 6) is 0. The lowest BCUT2D eigenvalue weighted by Gasteiger charge is -2.34. The van der Waals surface area contributed by atoms with Crippen molar-refractivity contribution in [2.24, 2.45) is 0 Å². The third kappa shape index (κ3) is 4.53. The van der Waals surface area contributed by atoms with Gasteiger partial charge in [-0.25, -0.2) is 4.79 Å². The standard InChI is InChI=1S/C18H22N4O/c23-18(20-14-16-4-2-1-3-5-16)22-12-10-21(11-13-22)15-17-6-8-19-9-7-17/h1-9H,10-15H2,(H,20,23). The number of nitrogens with one attached hydrogen (secondary N) is 1. The molecule has 0 spiro atoms. The first-order valence-corrected chi connectivity index (χ1v) is 7.99. The zero-order chi connectivity index (χ0) is 15.9. The normalized spacial score (nSPS) is 15.4. The number of rotatable bonds is 4. The van der Waals surface area contributed by atoms with Crippen molar-refractivity contribution in [1.82, 2.24) is 20.1 Å². The lowest BCUT2D eigenvalue weighted by atomic mass is 10.2. The number of nitrogens with zero attached hydrogens (tertiary/aromatic N) is 3. The molecular weight excluding hydrogens is 288 g/mol. The topological polar surface area (TPSA) is 48.5 Å². The van der Waals surface area contributed by atoms with E-state index in [4.69, 9.17) is 0 Å². The van der Waals surface area contributed by atoms with Crippen LogP contribution in [0.2, 0.25) is 0 Å². The number of piperazine rings is 1. The molecular formula is C18H22N4O. The predicted molar refractivity (Wildman–Crippen MR) is 89.8 cm³/mol. The molecule has 2 amide bonds. The molecule has 0 bridgehead atoms. The van der Waals surface area contributed by atoms with Crippen LogP contribution in [-0.4, -0.2) is 47.0 Å². The van der Waals surface area contributed by atoms with E-state index in [0.717, 1.165) is 38.3 Å². The summed E-state index contributed by atoms with van der Waals surface area (Å²) in [5, 5.41) is 2.99. The Morgan fingerprint density at radius 1 is 0.957 bits per heavy atom. The van der Waals surface area contributed by atoms with Crippen LogP contribution in [0.3, 0.4) is 0 Å². The summed E-state index contributed by atoms with van der Waals surface area (Å²) in [7, 11) is 0. The van der Waals surface area contributed by atoms with Gasteiger partial charge >= 0.3 is 6.03 Å². The number of carbonyl (C=O) groups excluding carboxylic acids is 1. The molecule has 1 fully saturated rings. The second kappa shape index (κ2) is 7.74. The second-order valence-electron chi connectivity index (χ2n) is 5.76. The van der Waals surface area contributed by atoms with E-state index in [9.17, 15) is 4.79 Å². The van der Waals surface area contributed by atoms with Gasteiger partial charge in [0.2, 0.25) is 0 Å². The smallest absolute Gasteiger partial charge is 0.317 e. The van der Waals surface area contributed by atoms with Gasteiger partial charge in [-0.3, -0.25) is 9.88 Å². The van der Waals surface area contributed by atoms with Gasteiger partial charge in [-0.15, -0.1) is 0 Å². The summed E-state index contributed by atoms with van der Waals surface area (Å²) in [6.07, 6.45) is 3.64. The summed E-state index contributed by atoms with van der Waals surface area (Å²) in [4.78, 5) is 20.5. The zero-order valence-corrected chi connectivity index (χ0v) is 13.2. The molecule has 1 saturated heterocycles. The van der Waals surface area contributed by atoms with Gasteiger partial charge < -0.3 is 10.2 Å². The fourth-order valence-corrected chi connectivity index (χ4v) is 2.74. The van der Waals surface area contributed by atoms with Crippen LogP contribution in [0, 0.1) is 0 Å². The SMILES string of the molecule is O=C(NCc1ccccc1)N1CCN(Cc2ccncc2)CC1. The molecule has 0 radical (unpaired) electrons. The van der Waals surface area contributed by atoms with Crippen molar-refractivity contribution in [1.29, 1.82) is 0 Å². The van der Waals surface area contributed by atoms with Crippen LogP contribution in [0.5, 0.6) is 0 Å². The molecule has 0 atom stereocenters. The van der Waals surface area contributed by atoms with Crippen molar-refractivity contribution in [3.05, 3.63) is 66.0 Å². The minimum atomic E-state index is 0.0254. The molecule has 2 heterocycles. The van der Waals surface area contributed by atoms with Gasteiger partial charge in [-0.1, -0.05) is 30.3 Å². The van der Waals surface area contributed by atoms with Crippen LogP contribution < -0.4 is 5.32 Å². The van der Waals surface area contributed by atoms with E-state index >= 15 is 0 Å². The maximum Gasteiger partial charge on any atom is 0.317 e. The van der Waals surface area contributed by atoms with Gasteiger partial charge in [0, 0.05) is 51.7 Å². The Labute approximate surface area is 136 Å². The largest absolute Gasteiger partial charge is 0.334 e. The highest BCUT2D eigenvalue weighted by Crippen LogP contribution is 2.08. The Balaban J connectivity index is 1.42. The summed E-state index contributed by atoms with van der Waals surface area (Å²) in [5.41, 5.74) is 2.39. The number of pyridine rings is 1. The lowest BCUT2D eigenvalue weighted by Crippen LogP contribution is -2.51. The summed E-state index contributed by atoms with van der Waals surface area (Å²) in [6.45, 7) is 4.85. The highest BCUT2D eigenvalue weighted by Gasteiger charge is 2.20. The summed E-state index contributed by atoms with van der Waals surface area (Å²) >= 11 is 0. The van der Waals surface area contributed by atoms with Crippen LogP contribution in [0.1, 0.15) is 11.1 Å². The maximum absolute atomic E-state index is 12.2. The van der Waals surface area contributed by atoms with Crippen LogP contribution in [-0.2, 0) is 13.1 Å². The summed E-state index contributed by atoms with van der Waals surface area (Å²) < 4.78 is 0. The molecule has 1 aliphatic rings. The van der Waals surface area contributed by atoms with Crippen molar-refractivity contribution < 1.29 is 4.79 Å². The number of hydrogen-bond donors (Lipinski definition) is 1. The van der Waals surface area contributed by atoms with Gasteiger partial charge in [0.1, 0.15) is 0 Å². The minimum absolute atomic E-state index is 0.0254. The summed E-state index contributed by atoms with van der Waals surface area (Å²) in [6, 6.07) is 14.1. The Hall–Kier alpha value is -2.40. The van der Waals surface area contributed by atoms with Crippen LogP contribution in [0.4, 0.5) is 4.79 Å². The molecule has 120 valence electrons. The fourth-order valence-electron chi connectivity index (χ4n) is 2.74. The van der Waals surface area contributed by atoms with E-state index in [2.05, 4.69) is 15.2 Å². The molecule has 5 heteroatoms. The first-order chi connectivity index (χ1) is 11.3. The molecule has 2 aromatic rings. The van der Waals surface area contributed by atoms with E-state index in [1.165, 1.54) is 5.56 Å². The molecule has 0 saturated carbocycles. The lowest BCUT2D eigenvalue weighted by molar-refractivity contribution is 0.135. The number of aromatic nitrogens is 1. The van der Waals surface area contributed by atoms with E-state index in [1.54, 1.807) is 0 Å². The number of amides is 2. The van der Waals surface area contributed by atoms with Crippen molar-refractivity contribution in [2.45, 2.75) is 13.1 Å². The Morgan fingerprint density at radius 3 is 2.35 bits per heavy atom. The molecule has 23 heavy (non-hydrogen) atoms. The van der Waals surface area contributed by atoms with Gasteiger partial charge in [0.05, 0.1) is 0 Å². The maximum atomic E-state index is 12.2. The van der Waals surface area contributed by atoms with Gasteiger partial charge in [0.15, 0.2) is 0 Å². The minimum Gasteiger partial charge on any atom is -0.334 e. The fraction of sp³-hybridized carbons (Fsp3) is 0.333. The number of urea groups is 1. The second-order valence-corrected chi connectivity index (χ2v) is 5.76. The van der Waals surface area contributed by atoms with E-state index in [1.807, 2.05) is 59.8 Å². The third-order valence-electron chi connectivity index (χ3n) is 4.10. The van der Waals surface area contributed by atoms with Gasteiger partial charge in [0.25, 0.3) is 0 Å². The van der Waals surface area contributed by atoms with Crippen LogP contribution in [0.15, 0.2) is 54.9 Å². The van der Waals surface area contributed by atoms with Crippen molar-refractivity contribution in [2.75, 3.05) is 26.2 Å². The molecule has 1 N–H and O–H groups in total. The average molecular weight is 310 g/mol. The first kappa shape index (κ1) is 15.5. The van der Waals surface area contributed by atoms with Gasteiger partial charge in [-0.05, 0) is 23.3 Å². The highest BCUT2D eigenvalue weighted by atomic mass is 16.2.